The van der Waals surface area contributed by atoms with E-state index in [1.807, 2.05) is 31.2 Å². The highest BCUT2D eigenvalue weighted by Crippen LogP contribution is 2.20. The van der Waals surface area contributed by atoms with Crippen LogP contribution in [0.3, 0.4) is 0 Å². The fourth-order valence-corrected chi connectivity index (χ4v) is 1.03. The van der Waals surface area contributed by atoms with Crippen LogP contribution in [0, 0.1) is 6.92 Å². The van der Waals surface area contributed by atoms with Crippen molar-refractivity contribution < 1.29 is 4.79 Å². The van der Waals surface area contributed by atoms with Crippen molar-refractivity contribution in [2.75, 3.05) is 0 Å². The molecule has 0 aliphatic carbocycles. The minimum absolute atomic E-state index is 0.608. The standard InChI is InChI=1S/C9H8ClNO/c1-7-2-4-8(5-3-7)9(10)11-6-12/h2-5,9H,1H3. The van der Waals surface area contributed by atoms with Crippen LogP contribution in [-0.4, -0.2) is 6.08 Å². The summed E-state index contributed by atoms with van der Waals surface area (Å²) in [5.74, 6) is 0. The Morgan fingerprint density at radius 3 is 2.50 bits per heavy atom. The summed E-state index contributed by atoms with van der Waals surface area (Å²) >= 11 is 5.73. The molecule has 1 atom stereocenters. The Kier molecular flexibility index (Phi) is 3.03. The average Bonchev–Trinajstić information content (AvgIpc) is 2.06. The van der Waals surface area contributed by atoms with Gasteiger partial charge in [0.2, 0.25) is 6.08 Å². The van der Waals surface area contributed by atoms with Crippen molar-refractivity contribution in [2.45, 2.75) is 12.4 Å². The van der Waals surface area contributed by atoms with Crippen molar-refractivity contribution in [3.05, 3.63) is 35.4 Å². The fourth-order valence-electron chi connectivity index (χ4n) is 0.846. The lowest BCUT2D eigenvalue weighted by Gasteiger charge is -2.01. The summed E-state index contributed by atoms with van der Waals surface area (Å²) in [6.45, 7) is 1.98. The van der Waals surface area contributed by atoms with Gasteiger partial charge in [0.15, 0.2) is 5.50 Å². The minimum Gasteiger partial charge on any atom is -0.211 e. The van der Waals surface area contributed by atoms with Crippen molar-refractivity contribution >= 4 is 17.7 Å². The van der Waals surface area contributed by atoms with Crippen LogP contribution >= 0.6 is 11.6 Å². The van der Waals surface area contributed by atoms with Gasteiger partial charge >= 0.3 is 0 Å². The van der Waals surface area contributed by atoms with Gasteiger partial charge in [-0.3, -0.25) is 0 Å². The number of halogens is 1. The van der Waals surface area contributed by atoms with Gasteiger partial charge < -0.3 is 0 Å². The van der Waals surface area contributed by atoms with Crippen LogP contribution < -0.4 is 0 Å². The van der Waals surface area contributed by atoms with E-state index in [4.69, 9.17) is 11.6 Å². The molecular weight excluding hydrogens is 174 g/mol. The van der Waals surface area contributed by atoms with Crippen LogP contribution in [0.2, 0.25) is 0 Å². The molecule has 0 fully saturated rings. The highest BCUT2D eigenvalue weighted by molar-refractivity contribution is 6.20. The molecule has 0 amide bonds. The van der Waals surface area contributed by atoms with Gasteiger partial charge in [-0.1, -0.05) is 41.4 Å². The topological polar surface area (TPSA) is 29.4 Å². The van der Waals surface area contributed by atoms with Gasteiger partial charge in [-0.05, 0) is 12.5 Å². The zero-order chi connectivity index (χ0) is 8.97. The number of isocyanates is 1. The molecule has 0 spiro atoms. The highest BCUT2D eigenvalue weighted by atomic mass is 35.5. The zero-order valence-electron chi connectivity index (χ0n) is 6.62. The van der Waals surface area contributed by atoms with E-state index in [9.17, 15) is 4.79 Å². The summed E-state index contributed by atoms with van der Waals surface area (Å²) < 4.78 is 0. The van der Waals surface area contributed by atoms with Crippen molar-refractivity contribution in [1.82, 2.24) is 0 Å². The smallest absolute Gasteiger partial charge is 0.211 e. The summed E-state index contributed by atoms with van der Waals surface area (Å²) in [4.78, 5) is 13.3. The van der Waals surface area contributed by atoms with E-state index in [2.05, 4.69) is 4.99 Å². The molecule has 1 aromatic rings. The molecule has 0 aliphatic heterocycles. The van der Waals surface area contributed by atoms with E-state index in [-0.39, 0.29) is 0 Å². The summed E-state index contributed by atoms with van der Waals surface area (Å²) in [7, 11) is 0. The van der Waals surface area contributed by atoms with Gasteiger partial charge in [0.1, 0.15) is 0 Å². The molecule has 0 heterocycles. The quantitative estimate of drug-likeness (QED) is 0.299. The molecule has 2 nitrogen and oxygen atoms in total. The van der Waals surface area contributed by atoms with E-state index < -0.39 is 5.50 Å². The Morgan fingerprint density at radius 1 is 1.42 bits per heavy atom. The van der Waals surface area contributed by atoms with Crippen LogP contribution in [0.25, 0.3) is 0 Å². The maximum absolute atomic E-state index is 9.88. The number of alkyl halides is 1. The zero-order valence-corrected chi connectivity index (χ0v) is 7.38. The summed E-state index contributed by atoms with van der Waals surface area (Å²) in [5.41, 5.74) is 1.35. The van der Waals surface area contributed by atoms with Crippen molar-refractivity contribution in [2.24, 2.45) is 4.99 Å². The normalized spacial score (nSPS) is 11.8. The predicted molar refractivity (Wildman–Crippen MR) is 47.9 cm³/mol. The lowest BCUT2D eigenvalue weighted by Crippen LogP contribution is -1.85. The molecule has 1 aromatic carbocycles. The van der Waals surface area contributed by atoms with Crippen LogP contribution in [0.4, 0.5) is 0 Å². The maximum atomic E-state index is 9.88. The van der Waals surface area contributed by atoms with Crippen molar-refractivity contribution in [1.29, 1.82) is 0 Å². The predicted octanol–water partition coefficient (Wildman–Crippen LogP) is 2.57. The van der Waals surface area contributed by atoms with Gasteiger partial charge in [0.25, 0.3) is 0 Å². The Labute approximate surface area is 75.9 Å². The second-order valence-corrected chi connectivity index (χ2v) is 2.88. The van der Waals surface area contributed by atoms with E-state index in [0.717, 1.165) is 11.1 Å². The van der Waals surface area contributed by atoms with E-state index >= 15 is 0 Å². The molecule has 62 valence electrons. The van der Waals surface area contributed by atoms with Gasteiger partial charge in [-0.25, -0.2) is 4.79 Å². The number of hydrogen-bond acceptors (Lipinski definition) is 2. The van der Waals surface area contributed by atoms with Crippen LogP contribution in [0.5, 0.6) is 0 Å². The number of hydrogen-bond donors (Lipinski definition) is 0. The largest absolute Gasteiger partial charge is 0.236 e. The van der Waals surface area contributed by atoms with E-state index in [1.54, 1.807) is 0 Å². The van der Waals surface area contributed by atoms with Gasteiger partial charge in [-0.15, -0.1) is 0 Å². The highest BCUT2D eigenvalue weighted by Gasteiger charge is 2.03. The number of carbonyl (C=O) groups excluding carboxylic acids is 1. The second kappa shape index (κ2) is 4.05. The number of nitrogens with zero attached hydrogens (tertiary/aromatic N) is 1. The number of benzene rings is 1. The molecular formula is C9H8ClNO. The molecule has 1 rings (SSSR count). The van der Waals surface area contributed by atoms with Gasteiger partial charge in [-0.2, -0.15) is 4.99 Å². The third-order valence-electron chi connectivity index (χ3n) is 1.52. The lowest BCUT2D eigenvalue weighted by atomic mass is 10.1. The molecule has 0 N–H and O–H groups in total. The Balaban J connectivity index is 2.89. The van der Waals surface area contributed by atoms with Crippen molar-refractivity contribution in [3.63, 3.8) is 0 Å². The Hall–Kier alpha value is -1.11. The molecule has 0 aliphatic rings. The van der Waals surface area contributed by atoms with Crippen molar-refractivity contribution in [3.8, 4) is 0 Å². The first-order chi connectivity index (χ1) is 5.74. The molecule has 12 heavy (non-hydrogen) atoms. The number of rotatable bonds is 2. The van der Waals surface area contributed by atoms with Gasteiger partial charge in [0.05, 0.1) is 0 Å². The lowest BCUT2D eigenvalue weighted by molar-refractivity contribution is 0.562. The first kappa shape index (κ1) is 8.98. The fraction of sp³-hybridized carbons (Fsp3) is 0.222. The monoisotopic (exact) mass is 181 g/mol. The molecule has 0 radical (unpaired) electrons. The third kappa shape index (κ3) is 2.19. The van der Waals surface area contributed by atoms with Crippen LogP contribution in [0.1, 0.15) is 16.6 Å². The second-order valence-electron chi connectivity index (χ2n) is 2.47. The van der Waals surface area contributed by atoms with Gasteiger partial charge in [0, 0.05) is 0 Å². The number of aliphatic imine (C=N–C) groups is 1. The maximum Gasteiger partial charge on any atom is 0.236 e. The van der Waals surface area contributed by atoms with E-state index in [1.165, 1.54) is 6.08 Å². The first-order valence-electron chi connectivity index (χ1n) is 3.51. The van der Waals surface area contributed by atoms with Crippen LogP contribution in [-0.2, 0) is 4.79 Å². The third-order valence-corrected chi connectivity index (χ3v) is 1.87. The molecule has 0 aromatic heterocycles. The summed E-state index contributed by atoms with van der Waals surface area (Å²) in [6, 6.07) is 7.53. The molecule has 0 saturated carbocycles. The SMILES string of the molecule is Cc1ccc(C(Cl)N=C=O)cc1. The average molecular weight is 182 g/mol. The molecule has 3 heteroatoms. The van der Waals surface area contributed by atoms with Crippen LogP contribution in [0.15, 0.2) is 29.3 Å². The minimum atomic E-state index is -0.608. The molecule has 1 unspecified atom stereocenters. The summed E-state index contributed by atoms with van der Waals surface area (Å²) in [6.07, 6.45) is 1.42. The first-order valence-corrected chi connectivity index (χ1v) is 3.95. The van der Waals surface area contributed by atoms with E-state index in [0.29, 0.717) is 0 Å². The summed E-state index contributed by atoms with van der Waals surface area (Å²) in [5, 5.41) is 0. The Morgan fingerprint density at radius 2 is 2.00 bits per heavy atom. The number of aryl methyl sites for hydroxylation is 1. The molecule has 0 bridgehead atoms. The molecule has 0 saturated heterocycles. The Bertz CT molecular complexity index is 301.